The predicted octanol–water partition coefficient (Wildman–Crippen LogP) is 4.25. The van der Waals surface area contributed by atoms with Gasteiger partial charge in [0.25, 0.3) is 10.1 Å². The lowest BCUT2D eigenvalue weighted by Gasteiger charge is -2.35. The lowest BCUT2D eigenvalue weighted by atomic mass is 9.92. The summed E-state index contributed by atoms with van der Waals surface area (Å²) < 4.78 is 40.0. The summed E-state index contributed by atoms with van der Waals surface area (Å²) in [6.45, 7) is 5.72. The van der Waals surface area contributed by atoms with Crippen molar-refractivity contribution in [2.24, 2.45) is 0 Å². The van der Waals surface area contributed by atoms with Crippen LogP contribution in [-0.2, 0) is 25.5 Å². The minimum absolute atomic E-state index is 0.0101. The van der Waals surface area contributed by atoms with Crippen molar-refractivity contribution in [1.29, 1.82) is 0 Å². The van der Waals surface area contributed by atoms with E-state index in [2.05, 4.69) is 9.97 Å². The molecule has 1 atom stereocenters. The lowest BCUT2D eigenvalue weighted by molar-refractivity contribution is 0.0137. The summed E-state index contributed by atoms with van der Waals surface area (Å²) in [5.74, 6) is 0.530. The van der Waals surface area contributed by atoms with E-state index in [1.54, 1.807) is 23.3 Å². The van der Waals surface area contributed by atoms with Crippen LogP contribution in [0.15, 0.2) is 6.33 Å². The van der Waals surface area contributed by atoms with Gasteiger partial charge in [-0.3, -0.25) is 4.18 Å². The first kappa shape index (κ1) is 25.1. The molecule has 11 heteroatoms. The van der Waals surface area contributed by atoms with Crippen molar-refractivity contribution in [2.45, 2.75) is 83.0 Å². The SMILES string of the molecule is CN(C(=O)OC(C)(C)C)C1CCC(Oc2ncnc3sc4c(c23)C(COS(C)(=O)=O)CC4)CC1. The predicted molar refractivity (Wildman–Crippen MR) is 130 cm³/mol. The van der Waals surface area contributed by atoms with Crippen LogP contribution in [0.25, 0.3) is 10.2 Å². The quantitative estimate of drug-likeness (QED) is 0.530. The fourth-order valence-corrected chi connectivity index (χ4v) is 6.34. The molecule has 34 heavy (non-hydrogen) atoms. The molecule has 4 rings (SSSR count). The van der Waals surface area contributed by atoms with Crippen molar-refractivity contribution < 1.29 is 26.9 Å². The fourth-order valence-electron chi connectivity index (χ4n) is 4.69. The van der Waals surface area contributed by atoms with Crippen LogP contribution in [0.3, 0.4) is 0 Å². The summed E-state index contributed by atoms with van der Waals surface area (Å²) in [6, 6.07) is 0.114. The monoisotopic (exact) mass is 511 g/mol. The molecule has 1 unspecified atom stereocenters. The number of carbonyl (C=O) groups is 1. The molecule has 0 spiro atoms. The molecule has 0 aromatic carbocycles. The number of aryl methyl sites for hydroxylation is 1. The third kappa shape index (κ3) is 5.80. The number of nitrogens with zero attached hydrogens (tertiary/aromatic N) is 3. The van der Waals surface area contributed by atoms with Gasteiger partial charge in [0.2, 0.25) is 5.88 Å². The van der Waals surface area contributed by atoms with E-state index in [0.29, 0.717) is 5.88 Å². The maximum atomic E-state index is 12.4. The molecule has 2 aliphatic carbocycles. The van der Waals surface area contributed by atoms with Gasteiger partial charge in [0, 0.05) is 23.9 Å². The van der Waals surface area contributed by atoms with Crippen LogP contribution in [0.4, 0.5) is 4.79 Å². The Morgan fingerprint density at radius 3 is 2.53 bits per heavy atom. The van der Waals surface area contributed by atoms with Gasteiger partial charge in [-0.25, -0.2) is 14.8 Å². The molecule has 2 aromatic heterocycles. The van der Waals surface area contributed by atoms with Crippen LogP contribution in [0.2, 0.25) is 0 Å². The maximum absolute atomic E-state index is 12.4. The molecule has 0 radical (unpaired) electrons. The first-order chi connectivity index (χ1) is 15.9. The molecule has 2 heterocycles. The van der Waals surface area contributed by atoms with Crippen LogP contribution in [-0.4, -0.2) is 67.0 Å². The van der Waals surface area contributed by atoms with E-state index < -0.39 is 15.7 Å². The number of ether oxygens (including phenoxy) is 2. The maximum Gasteiger partial charge on any atom is 0.410 e. The van der Waals surface area contributed by atoms with Gasteiger partial charge in [-0.05, 0) is 64.9 Å². The van der Waals surface area contributed by atoms with E-state index in [0.717, 1.165) is 60.6 Å². The Morgan fingerprint density at radius 1 is 1.18 bits per heavy atom. The molecule has 0 aliphatic heterocycles. The van der Waals surface area contributed by atoms with E-state index in [1.165, 1.54) is 11.2 Å². The number of amides is 1. The molecule has 9 nitrogen and oxygen atoms in total. The molecular weight excluding hydrogens is 478 g/mol. The lowest BCUT2D eigenvalue weighted by Crippen LogP contribution is -2.43. The van der Waals surface area contributed by atoms with Crippen LogP contribution in [0.5, 0.6) is 5.88 Å². The molecule has 2 aromatic rings. The van der Waals surface area contributed by atoms with E-state index in [1.807, 2.05) is 20.8 Å². The number of hydrogen-bond donors (Lipinski definition) is 0. The van der Waals surface area contributed by atoms with Gasteiger partial charge in [-0.15, -0.1) is 11.3 Å². The summed E-state index contributed by atoms with van der Waals surface area (Å²) in [7, 11) is -1.72. The Labute approximate surface area is 204 Å². The Balaban J connectivity index is 1.44. The van der Waals surface area contributed by atoms with E-state index in [9.17, 15) is 13.2 Å². The highest BCUT2D eigenvalue weighted by atomic mass is 32.2. The van der Waals surface area contributed by atoms with Gasteiger partial charge in [-0.2, -0.15) is 8.42 Å². The van der Waals surface area contributed by atoms with Gasteiger partial charge in [0.1, 0.15) is 22.9 Å². The number of hydrogen-bond acceptors (Lipinski definition) is 9. The summed E-state index contributed by atoms with van der Waals surface area (Å²) in [5.41, 5.74) is 0.548. The van der Waals surface area contributed by atoms with Crippen molar-refractivity contribution in [1.82, 2.24) is 14.9 Å². The summed E-state index contributed by atoms with van der Waals surface area (Å²) in [4.78, 5) is 25.0. The van der Waals surface area contributed by atoms with Crippen molar-refractivity contribution in [3.05, 3.63) is 16.8 Å². The van der Waals surface area contributed by atoms with Crippen molar-refractivity contribution in [2.75, 3.05) is 19.9 Å². The number of fused-ring (bicyclic) bond motifs is 3. The van der Waals surface area contributed by atoms with E-state index >= 15 is 0 Å². The highest BCUT2D eigenvalue weighted by Gasteiger charge is 2.33. The number of carbonyl (C=O) groups excluding carboxylic acids is 1. The molecule has 0 bridgehead atoms. The summed E-state index contributed by atoms with van der Waals surface area (Å²) in [6.07, 6.45) is 7.23. The second-order valence-electron chi connectivity index (χ2n) is 10.2. The second kappa shape index (κ2) is 9.58. The van der Waals surface area contributed by atoms with Crippen molar-refractivity contribution >= 4 is 37.8 Å². The van der Waals surface area contributed by atoms with E-state index in [4.69, 9.17) is 13.7 Å². The third-order valence-corrected chi connectivity index (χ3v) is 8.07. The zero-order valence-electron chi connectivity index (χ0n) is 20.4. The van der Waals surface area contributed by atoms with Crippen LogP contribution in [0.1, 0.15) is 69.2 Å². The molecule has 0 saturated heterocycles. The minimum atomic E-state index is -3.51. The zero-order valence-corrected chi connectivity index (χ0v) is 22.0. The molecule has 1 fully saturated rings. The average Bonchev–Trinajstić information content (AvgIpc) is 3.30. The number of aromatic nitrogens is 2. The highest BCUT2D eigenvalue weighted by molar-refractivity contribution is 7.85. The minimum Gasteiger partial charge on any atom is -0.474 e. The molecule has 188 valence electrons. The topological polar surface area (TPSA) is 108 Å². The zero-order chi connectivity index (χ0) is 24.7. The highest BCUT2D eigenvalue weighted by Crippen LogP contribution is 2.46. The van der Waals surface area contributed by atoms with Gasteiger partial charge in [-0.1, -0.05) is 0 Å². The fraction of sp³-hybridized carbons (Fsp3) is 0.696. The van der Waals surface area contributed by atoms with Gasteiger partial charge in [0.05, 0.1) is 18.2 Å². The standard InChI is InChI=1S/C23H33N3O6S2/c1-23(2,3)32-22(27)26(4)15-7-9-16(10-8-15)31-20-19-18-14(12-30-34(5,28)29)6-11-17(18)33-21(19)25-13-24-20/h13-16H,6-12H2,1-5H3. The van der Waals surface area contributed by atoms with Crippen molar-refractivity contribution in [3.8, 4) is 5.88 Å². The van der Waals surface area contributed by atoms with Gasteiger partial charge in [0.15, 0.2) is 0 Å². The Morgan fingerprint density at radius 2 is 1.88 bits per heavy atom. The largest absolute Gasteiger partial charge is 0.474 e. The van der Waals surface area contributed by atoms with Crippen LogP contribution < -0.4 is 4.74 Å². The van der Waals surface area contributed by atoms with Crippen molar-refractivity contribution in [3.63, 3.8) is 0 Å². The molecule has 1 saturated carbocycles. The molecule has 2 aliphatic rings. The first-order valence-electron chi connectivity index (χ1n) is 11.6. The Kier molecular flexibility index (Phi) is 7.08. The summed E-state index contributed by atoms with van der Waals surface area (Å²) >= 11 is 1.62. The Bertz CT molecular complexity index is 1150. The number of thiophene rings is 1. The normalized spacial score (nSPS) is 23.0. The summed E-state index contributed by atoms with van der Waals surface area (Å²) in [5, 5.41) is 0.884. The third-order valence-electron chi connectivity index (χ3n) is 6.33. The molecule has 1 amide bonds. The van der Waals surface area contributed by atoms with Gasteiger partial charge >= 0.3 is 6.09 Å². The molecular formula is C23H33N3O6S2. The van der Waals surface area contributed by atoms with E-state index in [-0.39, 0.29) is 30.8 Å². The van der Waals surface area contributed by atoms with Gasteiger partial charge < -0.3 is 14.4 Å². The number of rotatable bonds is 6. The molecule has 0 N–H and O–H groups in total. The smallest absolute Gasteiger partial charge is 0.410 e. The van der Waals surface area contributed by atoms with Crippen LogP contribution >= 0.6 is 11.3 Å². The van der Waals surface area contributed by atoms with Crippen LogP contribution in [0, 0.1) is 0 Å². The average molecular weight is 512 g/mol. The second-order valence-corrected chi connectivity index (χ2v) is 12.9. The first-order valence-corrected chi connectivity index (χ1v) is 14.3. The Hall–Kier alpha value is -1.98.